The largest absolute Gasteiger partial charge is 0.466 e. The van der Waals surface area contributed by atoms with E-state index in [1.807, 2.05) is 0 Å². The smallest absolute Gasteiger partial charge is 0.293 e. The number of hydrogen-bond acceptors (Lipinski definition) is 3. The van der Waals surface area contributed by atoms with Crippen LogP contribution >= 0.6 is 0 Å². The molecule has 0 saturated carbocycles. The van der Waals surface area contributed by atoms with E-state index >= 15 is 0 Å². The van der Waals surface area contributed by atoms with Gasteiger partial charge in [0, 0.05) is 13.5 Å². The van der Waals surface area contributed by atoms with Crippen molar-refractivity contribution in [2.24, 2.45) is 11.8 Å². The molecule has 0 aliphatic rings. The van der Waals surface area contributed by atoms with Crippen LogP contribution in [0.2, 0.25) is 0 Å². The summed E-state index contributed by atoms with van der Waals surface area (Å²) in [5, 5.41) is 0. The van der Waals surface area contributed by atoms with Crippen molar-refractivity contribution in [2.45, 2.75) is 27.2 Å². The Morgan fingerprint density at radius 1 is 1.40 bits per heavy atom. The number of amides is 1. The normalized spacial score (nSPS) is 12.3. The Morgan fingerprint density at radius 2 is 2.00 bits per heavy atom. The number of ether oxygens (including phenoxy) is 1. The highest BCUT2D eigenvalue weighted by atomic mass is 16.5. The maximum Gasteiger partial charge on any atom is 0.293 e. The van der Waals surface area contributed by atoms with E-state index in [-0.39, 0.29) is 12.5 Å². The van der Waals surface area contributed by atoms with Crippen molar-refractivity contribution in [2.75, 3.05) is 20.2 Å². The van der Waals surface area contributed by atoms with Gasteiger partial charge < -0.3 is 9.64 Å². The maximum atomic E-state index is 11.6. The molecule has 0 rings (SSSR count). The van der Waals surface area contributed by atoms with Crippen molar-refractivity contribution in [3.63, 3.8) is 0 Å². The van der Waals surface area contributed by atoms with Gasteiger partial charge in [0.05, 0.1) is 6.54 Å². The Bertz CT molecular complexity index is 204. The van der Waals surface area contributed by atoms with Gasteiger partial charge in [-0.1, -0.05) is 20.8 Å². The summed E-state index contributed by atoms with van der Waals surface area (Å²) in [5.41, 5.74) is 0. The molecule has 88 valence electrons. The average Bonchev–Trinajstić information content (AvgIpc) is 2.17. The molecule has 0 aliphatic carbocycles. The van der Waals surface area contributed by atoms with Crippen molar-refractivity contribution in [3.05, 3.63) is 0 Å². The number of carbonyl (C=O) groups excluding carboxylic acids is 2. The van der Waals surface area contributed by atoms with Gasteiger partial charge in [0.2, 0.25) is 5.91 Å². The molecule has 0 aromatic heterocycles. The van der Waals surface area contributed by atoms with Crippen LogP contribution in [-0.2, 0) is 14.3 Å². The molecular formula is C11H21NO3. The third kappa shape index (κ3) is 6.10. The molecular weight excluding hydrogens is 194 g/mol. The van der Waals surface area contributed by atoms with Gasteiger partial charge in [-0.15, -0.1) is 0 Å². The topological polar surface area (TPSA) is 46.6 Å². The molecule has 1 unspecified atom stereocenters. The van der Waals surface area contributed by atoms with E-state index < -0.39 is 0 Å². The first-order chi connectivity index (χ1) is 6.99. The fourth-order valence-electron chi connectivity index (χ4n) is 1.03. The summed E-state index contributed by atoms with van der Waals surface area (Å²) in [5.74, 6) is 0.992. The lowest BCUT2D eigenvalue weighted by atomic mass is 9.94. The van der Waals surface area contributed by atoms with Crippen molar-refractivity contribution >= 4 is 12.4 Å². The second-order valence-electron chi connectivity index (χ2n) is 4.21. The minimum Gasteiger partial charge on any atom is -0.466 e. The summed E-state index contributed by atoms with van der Waals surface area (Å²) in [6.45, 7) is 7.40. The Kier molecular flexibility index (Phi) is 6.75. The highest BCUT2D eigenvalue weighted by Crippen LogP contribution is 2.14. The van der Waals surface area contributed by atoms with Crippen LogP contribution in [-0.4, -0.2) is 37.5 Å². The Morgan fingerprint density at radius 3 is 2.47 bits per heavy atom. The van der Waals surface area contributed by atoms with Crippen LogP contribution in [0, 0.1) is 11.8 Å². The summed E-state index contributed by atoms with van der Waals surface area (Å²) in [6.07, 6.45) is 0.551. The van der Waals surface area contributed by atoms with Crippen molar-refractivity contribution < 1.29 is 14.3 Å². The number of hydrogen-bond donors (Lipinski definition) is 0. The van der Waals surface area contributed by atoms with Crippen LogP contribution in [0.4, 0.5) is 0 Å². The van der Waals surface area contributed by atoms with E-state index in [4.69, 9.17) is 0 Å². The number of carbonyl (C=O) groups is 2. The summed E-state index contributed by atoms with van der Waals surface area (Å²) >= 11 is 0. The van der Waals surface area contributed by atoms with Gasteiger partial charge in [0.1, 0.15) is 6.61 Å². The first-order valence-corrected chi connectivity index (χ1v) is 5.28. The molecule has 0 aromatic rings. The van der Waals surface area contributed by atoms with Gasteiger partial charge in [0.15, 0.2) is 0 Å². The summed E-state index contributed by atoms with van der Waals surface area (Å²) in [4.78, 5) is 23.1. The molecule has 4 nitrogen and oxygen atoms in total. The maximum absolute atomic E-state index is 11.6. The van der Waals surface area contributed by atoms with E-state index in [0.29, 0.717) is 31.3 Å². The number of nitrogens with zero attached hydrogens (tertiary/aromatic N) is 1. The number of likely N-dealkylation sites (N-methyl/N-ethyl adjacent to an activating group) is 1. The predicted molar refractivity (Wildman–Crippen MR) is 58.3 cm³/mol. The molecule has 0 saturated heterocycles. The van der Waals surface area contributed by atoms with Crippen LogP contribution in [0.5, 0.6) is 0 Å². The highest BCUT2D eigenvalue weighted by molar-refractivity contribution is 5.76. The van der Waals surface area contributed by atoms with Crippen LogP contribution in [0.25, 0.3) is 0 Å². The second-order valence-corrected chi connectivity index (χ2v) is 4.21. The molecule has 0 bridgehead atoms. The highest BCUT2D eigenvalue weighted by Gasteiger charge is 2.15. The SMILES string of the molecule is CC(C)C(C)CC(=O)N(C)CCOC=O. The summed E-state index contributed by atoms with van der Waals surface area (Å²) in [6, 6.07) is 0. The van der Waals surface area contributed by atoms with Crippen LogP contribution in [0.15, 0.2) is 0 Å². The molecule has 4 heteroatoms. The van der Waals surface area contributed by atoms with Gasteiger partial charge in [-0.05, 0) is 11.8 Å². The van der Waals surface area contributed by atoms with Gasteiger partial charge in [-0.2, -0.15) is 0 Å². The van der Waals surface area contributed by atoms with E-state index in [9.17, 15) is 9.59 Å². The zero-order chi connectivity index (χ0) is 11.8. The summed E-state index contributed by atoms with van der Waals surface area (Å²) in [7, 11) is 1.73. The quantitative estimate of drug-likeness (QED) is 0.475. The molecule has 1 atom stereocenters. The van der Waals surface area contributed by atoms with E-state index in [1.165, 1.54) is 0 Å². The molecule has 0 fully saturated rings. The van der Waals surface area contributed by atoms with E-state index in [1.54, 1.807) is 11.9 Å². The average molecular weight is 215 g/mol. The van der Waals surface area contributed by atoms with E-state index in [2.05, 4.69) is 25.5 Å². The van der Waals surface area contributed by atoms with Gasteiger partial charge >= 0.3 is 0 Å². The van der Waals surface area contributed by atoms with E-state index in [0.717, 1.165) is 0 Å². The lowest BCUT2D eigenvalue weighted by Crippen LogP contribution is -2.31. The number of rotatable bonds is 7. The molecule has 0 aromatic carbocycles. The first kappa shape index (κ1) is 13.9. The summed E-state index contributed by atoms with van der Waals surface area (Å²) < 4.78 is 4.53. The van der Waals surface area contributed by atoms with Gasteiger partial charge in [-0.3, -0.25) is 9.59 Å². The third-order valence-electron chi connectivity index (χ3n) is 2.67. The lowest BCUT2D eigenvalue weighted by molar-refractivity contribution is -0.135. The zero-order valence-electron chi connectivity index (χ0n) is 10.0. The molecule has 0 N–H and O–H groups in total. The fourth-order valence-corrected chi connectivity index (χ4v) is 1.03. The van der Waals surface area contributed by atoms with Gasteiger partial charge in [0.25, 0.3) is 6.47 Å². The predicted octanol–water partition coefficient (Wildman–Crippen LogP) is 1.30. The molecule has 0 aliphatic heterocycles. The van der Waals surface area contributed by atoms with Crippen LogP contribution < -0.4 is 0 Å². The van der Waals surface area contributed by atoms with Crippen LogP contribution in [0.1, 0.15) is 27.2 Å². The minimum absolute atomic E-state index is 0.102. The molecule has 0 spiro atoms. The van der Waals surface area contributed by atoms with Crippen molar-refractivity contribution in [1.82, 2.24) is 4.90 Å². The van der Waals surface area contributed by atoms with Crippen LogP contribution in [0.3, 0.4) is 0 Å². The van der Waals surface area contributed by atoms with Crippen molar-refractivity contribution in [3.8, 4) is 0 Å². The standard InChI is InChI=1S/C11H21NO3/c1-9(2)10(3)7-11(14)12(4)5-6-15-8-13/h8-10H,5-7H2,1-4H3. The second kappa shape index (κ2) is 7.26. The lowest BCUT2D eigenvalue weighted by Gasteiger charge is -2.20. The fraction of sp³-hybridized carbons (Fsp3) is 0.818. The van der Waals surface area contributed by atoms with Crippen molar-refractivity contribution in [1.29, 1.82) is 0 Å². The first-order valence-electron chi connectivity index (χ1n) is 5.28. The van der Waals surface area contributed by atoms with Gasteiger partial charge in [-0.25, -0.2) is 0 Å². The Labute approximate surface area is 91.6 Å². The molecule has 1 amide bonds. The Balaban J connectivity index is 3.83. The Hall–Kier alpha value is -1.06. The minimum atomic E-state index is 0.102. The zero-order valence-corrected chi connectivity index (χ0v) is 10.0. The molecule has 15 heavy (non-hydrogen) atoms. The third-order valence-corrected chi connectivity index (χ3v) is 2.67. The monoisotopic (exact) mass is 215 g/mol. The molecule has 0 radical (unpaired) electrons. The molecule has 0 heterocycles.